The van der Waals surface area contributed by atoms with Crippen molar-refractivity contribution in [1.82, 2.24) is 4.90 Å². The minimum atomic E-state index is -0.136. The molecule has 0 aliphatic carbocycles. The van der Waals surface area contributed by atoms with Crippen LogP contribution in [-0.2, 0) is 6.54 Å². The molecule has 0 radical (unpaired) electrons. The molecule has 0 aliphatic rings. The van der Waals surface area contributed by atoms with Gasteiger partial charge < -0.3 is 15.1 Å². The van der Waals surface area contributed by atoms with Gasteiger partial charge in [0.25, 0.3) is 5.91 Å². The van der Waals surface area contributed by atoms with E-state index in [4.69, 9.17) is 10.2 Å². The molecule has 4 heteroatoms. The van der Waals surface area contributed by atoms with Gasteiger partial charge in [-0.25, -0.2) is 0 Å². The number of nitrogens with two attached hydrogens (primary N) is 1. The number of para-hydroxylation sites is 1. The highest BCUT2D eigenvalue weighted by Crippen LogP contribution is 2.20. The first-order valence-electron chi connectivity index (χ1n) is 6.72. The standard InChI is InChI=1S/C17H16N2O2/c1-19(11-12-6-8-14(18)9-7-12)17(20)16-10-13-4-2-3-5-15(13)21-16/h2-10H,11,18H2,1H3. The van der Waals surface area contributed by atoms with E-state index in [1.807, 2.05) is 48.5 Å². The summed E-state index contributed by atoms with van der Waals surface area (Å²) in [5.41, 5.74) is 8.12. The number of anilines is 1. The van der Waals surface area contributed by atoms with E-state index < -0.39 is 0 Å². The lowest BCUT2D eigenvalue weighted by Crippen LogP contribution is -2.25. The molecule has 1 amide bonds. The van der Waals surface area contributed by atoms with Crippen molar-refractivity contribution in [3.8, 4) is 0 Å². The molecule has 21 heavy (non-hydrogen) atoms. The van der Waals surface area contributed by atoms with Crippen molar-refractivity contribution < 1.29 is 9.21 Å². The first kappa shape index (κ1) is 13.2. The van der Waals surface area contributed by atoms with Gasteiger partial charge in [0, 0.05) is 24.7 Å². The molecule has 0 fully saturated rings. The third-order valence-corrected chi connectivity index (χ3v) is 3.38. The van der Waals surface area contributed by atoms with Crippen molar-refractivity contribution in [3.05, 3.63) is 65.9 Å². The molecule has 2 N–H and O–H groups in total. The molecule has 0 saturated heterocycles. The van der Waals surface area contributed by atoms with E-state index in [2.05, 4.69) is 0 Å². The summed E-state index contributed by atoms with van der Waals surface area (Å²) in [6.45, 7) is 0.510. The number of amides is 1. The molecule has 3 rings (SSSR count). The fourth-order valence-electron chi connectivity index (χ4n) is 2.24. The van der Waals surface area contributed by atoms with Crippen LogP contribution in [0.1, 0.15) is 16.1 Å². The third-order valence-electron chi connectivity index (χ3n) is 3.38. The monoisotopic (exact) mass is 280 g/mol. The van der Waals surface area contributed by atoms with Crippen LogP contribution in [0.3, 0.4) is 0 Å². The van der Waals surface area contributed by atoms with Crippen molar-refractivity contribution in [2.75, 3.05) is 12.8 Å². The quantitative estimate of drug-likeness (QED) is 0.749. The zero-order valence-electron chi connectivity index (χ0n) is 11.7. The number of nitrogen functional groups attached to an aromatic ring is 1. The molecule has 0 bridgehead atoms. The van der Waals surface area contributed by atoms with Gasteiger partial charge in [0.1, 0.15) is 5.58 Å². The molecule has 0 unspecified atom stereocenters. The number of carbonyl (C=O) groups excluding carboxylic acids is 1. The van der Waals surface area contributed by atoms with Gasteiger partial charge in [-0.3, -0.25) is 4.79 Å². The van der Waals surface area contributed by atoms with Gasteiger partial charge in [-0.1, -0.05) is 30.3 Å². The highest BCUT2D eigenvalue weighted by molar-refractivity contribution is 5.95. The fourth-order valence-corrected chi connectivity index (χ4v) is 2.24. The van der Waals surface area contributed by atoms with E-state index in [1.165, 1.54) is 0 Å². The summed E-state index contributed by atoms with van der Waals surface area (Å²) < 4.78 is 5.60. The Morgan fingerprint density at radius 2 is 1.86 bits per heavy atom. The van der Waals surface area contributed by atoms with E-state index in [0.29, 0.717) is 18.0 Å². The van der Waals surface area contributed by atoms with Gasteiger partial charge in [0.15, 0.2) is 5.76 Å². The number of benzene rings is 2. The number of fused-ring (bicyclic) bond motifs is 1. The lowest BCUT2D eigenvalue weighted by Gasteiger charge is -2.15. The second-order valence-corrected chi connectivity index (χ2v) is 5.05. The number of nitrogens with zero attached hydrogens (tertiary/aromatic N) is 1. The van der Waals surface area contributed by atoms with Crippen molar-refractivity contribution in [2.45, 2.75) is 6.54 Å². The van der Waals surface area contributed by atoms with Gasteiger partial charge in [-0.05, 0) is 29.8 Å². The number of rotatable bonds is 3. The number of furan rings is 1. The van der Waals surface area contributed by atoms with Crippen molar-refractivity contribution in [1.29, 1.82) is 0 Å². The van der Waals surface area contributed by atoms with E-state index in [0.717, 1.165) is 16.5 Å². The molecule has 0 atom stereocenters. The van der Waals surface area contributed by atoms with E-state index in [1.54, 1.807) is 18.0 Å². The Morgan fingerprint density at radius 1 is 1.14 bits per heavy atom. The third kappa shape index (κ3) is 2.74. The van der Waals surface area contributed by atoms with Crippen LogP contribution in [0.5, 0.6) is 0 Å². The first-order chi connectivity index (χ1) is 10.1. The molecule has 0 saturated carbocycles. The average molecular weight is 280 g/mol. The van der Waals surface area contributed by atoms with Crippen LogP contribution < -0.4 is 5.73 Å². The fraction of sp³-hybridized carbons (Fsp3) is 0.118. The number of hydrogen-bond acceptors (Lipinski definition) is 3. The van der Waals surface area contributed by atoms with Gasteiger partial charge in [-0.15, -0.1) is 0 Å². The SMILES string of the molecule is CN(Cc1ccc(N)cc1)C(=O)c1cc2ccccc2o1. The summed E-state index contributed by atoms with van der Waals surface area (Å²) in [4.78, 5) is 14.0. The van der Waals surface area contributed by atoms with Crippen LogP contribution in [0.2, 0.25) is 0 Å². The first-order valence-corrected chi connectivity index (χ1v) is 6.72. The smallest absolute Gasteiger partial charge is 0.289 e. The minimum Gasteiger partial charge on any atom is -0.451 e. The topological polar surface area (TPSA) is 59.5 Å². The Kier molecular flexibility index (Phi) is 3.36. The van der Waals surface area contributed by atoms with Crippen LogP contribution >= 0.6 is 0 Å². The maximum atomic E-state index is 12.4. The van der Waals surface area contributed by atoms with E-state index in [-0.39, 0.29) is 5.91 Å². The van der Waals surface area contributed by atoms with Crippen molar-refractivity contribution in [2.24, 2.45) is 0 Å². The van der Waals surface area contributed by atoms with Crippen LogP contribution in [0.15, 0.2) is 59.0 Å². The predicted molar refractivity (Wildman–Crippen MR) is 82.9 cm³/mol. The maximum Gasteiger partial charge on any atom is 0.289 e. The molecule has 1 heterocycles. The highest BCUT2D eigenvalue weighted by atomic mass is 16.3. The summed E-state index contributed by atoms with van der Waals surface area (Å²) in [5.74, 6) is 0.220. The number of hydrogen-bond donors (Lipinski definition) is 1. The van der Waals surface area contributed by atoms with Gasteiger partial charge in [0.2, 0.25) is 0 Å². The molecule has 0 spiro atoms. The molecular weight excluding hydrogens is 264 g/mol. The molecule has 0 aliphatic heterocycles. The van der Waals surface area contributed by atoms with Gasteiger partial charge in [0.05, 0.1) is 0 Å². The van der Waals surface area contributed by atoms with Crippen LogP contribution in [0.4, 0.5) is 5.69 Å². The highest BCUT2D eigenvalue weighted by Gasteiger charge is 2.16. The zero-order valence-corrected chi connectivity index (χ0v) is 11.7. The summed E-state index contributed by atoms with van der Waals surface area (Å²) in [6.07, 6.45) is 0. The second-order valence-electron chi connectivity index (χ2n) is 5.05. The lowest BCUT2D eigenvalue weighted by atomic mass is 10.2. The largest absolute Gasteiger partial charge is 0.451 e. The molecule has 4 nitrogen and oxygen atoms in total. The zero-order chi connectivity index (χ0) is 14.8. The van der Waals surface area contributed by atoms with Crippen LogP contribution in [0.25, 0.3) is 11.0 Å². The minimum absolute atomic E-state index is 0.136. The molecule has 1 aromatic heterocycles. The molecule has 2 aromatic carbocycles. The summed E-state index contributed by atoms with van der Waals surface area (Å²) in [7, 11) is 1.76. The Bertz CT molecular complexity index is 742. The average Bonchev–Trinajstić information content (AvgIpc) is 2.92. The van der Waals surface area contributed by atoms with E-state index in [9.17, 15) is 4.79 Å². The lowest BCUT2D eigenvalue weighted by molar-refractivity contribution is 0.0756. The maximum absolute atomic E-state index is 12.4. The van der Waals surface area contributed by atoms with Gasteiger partial charge >= 0.3 is 0 Å². The summed E-state index contributed by atoms with van der Waals surface area (Å²) >= 11 is 0. The Morgan fingerprint density at radius 3 is 2.57 bits per heavy atom. The van der Waals surface area contributed by atoms with E-state index >= 15 is 0 Å². The van der Waals surface area contributed by atoms with Crippen LogP contribution in [-0.4, -0.2) is 17.9 Å². The van der Waals surface area contributed by atoms with Gasteiger partial charge in [-0.2, -0.15) is 0 Å². The van der Waals surface area contributed by atoms with Crippen LogP contribution in [0, 0.1) is 0 Å². The summed E-state index contributed by atoms with van der Waals surface area (Å²) in [6, 6.07) is 16.8. The normalized spacial score (nSPS) is 10.7. The molecular formula is C17H16N2O2. The Labute approximate surface area is 122 Å². The van der Waals surface area contributed by atoms with Crippen molar-refractivity contribution >= 4 is 22.6 Å². The Hall–Kier alpha value is -2.75. The predicted octanol–water partition coefficient (Wildman–Crippen LogP) is 3.29. The Balaban J connectivity index is 1.78. The number of carbonyl (C=O) groups is 1. The molecule has 3 aromatic rings. The van der Waals surface area contributed by atoms with Crippen molar-refractivity contribution in [3.63, 3.8) is 0 Å². The molecule has 106 valence electrons. The summed E-state index contributed by atoms with van der Waals surface area (Å²) in [5, 5.41) is 0.932. The second kappa shape index (κ2) is 5.32.